The first-order valence-electron chi connectivity index (χ1n) is 8.96. The second-order valence-corrected chi connectivity index (χ2v) is 7.77. The minimum Gasteiger partial charge on any atom is -0.395 e. The number of hydrogen-bond acceptors (Lipinski definition) is 5. The number of hydrogen-bond donors (Lipinski definition) is 2. The van der Waals surface area contributed by atoms with E-state index in [1.54, 1.807) is 6.20 Å². The SMILES string of the molecule is Cn1c(C(C)(C)C)cc2ncc(C(=O)CCCCC[C@@H](N)CO)nc21. The summed E-state index contributed by atoms with van der Waals surface area (Å²) in [5.74, 6) is 0.0272. The van der Waals surface area contributed by atoms with E-state index in [0.717, 1.165) is 42.5 Å². The molecule has 0 fully saturated rings. The number of nitrogens with zero attached hydrogens (tertiary/aromatic N) is 3. The van der Waals surface area contributed by atoms with Crippen molar-refractivity contribution in [3.63, 3.8) is 0 Å². The number of aliphatic hydroxyl groups is 1. The van der Waals surface area contributed by atoms with E-state index in [1.807, 2.05) is 17.7 Å². The molecular weight excluding hydrogens is 316 g/mol. The molecule has 2 aromatic heterocycles. The van der Waals surface area contributed by atoms with Gasteiger partial charge in [-0.2, -0.15) is 0 Å². The molecule has 0 bridgehead atoms. The molecule has 3 N–H and O–H groups in total. The quantitative estimate of drug-likeness (QED) is 0.566. The van der Waals surface area contributed by atoms with Gasteiger partial charge in [-0.3, -0.25) is 9.78 Å². The van der Waals surface area contributed by atoms with Gasteiger partial charge in [0.25, 0.3) is 0 Å². The van der Waals surface area contributed by atoms with E-state index in [1.165, 1.54) is 0 Å². The fraction of sp³-hybridized carbons (Fsp3) is 0.632. The van der Waals surface area contributed by atoms with Gasteiger partial charge in [-0.25, -0.2) is 4.98 Å². The molecular formula is C19H30N4O2. The van der Waals surface area contributed by atoms with E-state index in [4.69, 9.17) is 10.8 Å². The Labute approximate surface area is 149 Å². The summed E-state index contributed by atoms with van der Waals surface area (Å²) in [4.78, 5) is 21.4. The highest BCUT2D eigenvalue weighted by Crippen LogP contribution is 2.26. The number of nitrogens with two attached hydrogens (primary N) is 1. The average Bonchev–Trinajstić information content (AvgIpc) is 2.90. The van der Waals surface area contributed by atoms with Crippen LogP contribution in [0.15, 0.2) is 12.3 Å². The van der Waals surface area contributed by atoms with Crippen molar-refractivity contribution in [3.8, 4) is 0 Å². The van der Waals surface area contributed by atoms with Gasteiger partial charge in [0.15, 0.2) is 11.4 Å². The third-order valence-electron chi connectivity index (χ3n) is 4.50. The summed E-state index contributed by atoms with van der Waals surface area (Å²) in [6.45, 7) is 6.46. The standard InChI is InChI=1S/C19H30N4O2/c1-19(2,3)17-10-14-18(23(17)4)22-15(11-21-14)16(25)9-7-5-6-8-13(20)12-24/h10-11,13,24H,5-9,12,20H2,1-4H3/t13-/m1/s1. The number of carbonyl (C=O) groups is 1. The molecule has 2 heterocycles. The molecule has 138 valence electrons. The maximum atomic E-state index is 12.4. The third-order valence-corrected chi connectivity index (χ3v) is 4.50. The third kappa shape index (κ3) is 4.86. The predicted octanol–water partition coefficient (Wildman–Crippen LogP) is 2.72. The van der Waals surface area contributed by atoms with E-state index in [-0.39, 0.29) is 23.8 Å². The number of aliphatic hydroxyl groups excluding tert-OH is 1. The van der Waals surface area contributed by atoms with Crippen molar-refractivity contribution in [3.05, 3.63) is 23.7 Å². The van der Waals surface area contributed by atoms with Crippen LogP contribution in [0.25, 0.3) is 11.2 Å². The number of ketones is 1. The van der Waals surface area contributed by atoms with Gasteiger partial charge >= 0.3 is 0 Å². The summed E-state index contributed by atoms with van der Waals surface area (Å²) >= 11 is 0. The molecule has 6 heteroatoms. The van der Waals surface area contributed by atoms with Crippen LogP contribution in [-0.2, 0) is 12.5 Å². The molecule has 6 nitrogen and oxygen atoms in total. The van der Waals surface area contributed by atoms with Crippen molar-refractivity contribution in [2.45, 2.75) is 64.3 Å². The molecule has 0 aliphatic carbocycles. The van der Waals surface area contributed by atoms with Crippen LogP contribution in [0.4, 0.5) is 0 Å². The highest BCUT2D eigenvalue weighted by atomic mass is 16.3. The Morgan fingerprint density at radius 1 is 1.32 bits per heavy atom. The first-order valence-corrected chi connectivity index (χ1v) is 8.96. The summed E-state index contributed by atoms with van der Waals surface area (Å²) in [6, 6.07) is 1.89. The lowest BCUT2D eigenvalue weighted by Crippen LogP contribution is -2.23. The number of Topliss-reactive ketones (excluding diaryl/α,β-unsaturated/α-hetero) is 1. The summed E-state index contributed by atoms with van der Waals surface area (Å²) in [5, 5.41) is 8.89. The monoisotopic (exact) mass is 346 g/mol. The normalized spacial score (nSPS) is 13.4. The smallest absolute Gasteiger partial charge is 0.182 e. The van der Waals surface area contributed by atoms with Crippen molar-refractivity contribution in [2.24, 2.45) is 12.8 Å². The second kappa shape index (κ2) is 8.06. The summed E-state index contributed by atoms with van der Waals surface area (Å²) in [7, 11) is 1.97. The molecule has 0 aliphatic heterocycles. The van der Waals surface area contributed by atoms with Crippen LogP contribution in [-0.4, -0.2) is 38.1 Å². The highest BCUT2D eigenvalue weighted by molar-refractivity contribution is 5.95. The number of aryl methyl sites for hydroxylation is 1. The van der Waals surface area contributed by atoms with Crippen molar-refractivity contribution < 1.29 is 9.90 Å². The molecule has 2 rings (SSSR count). The molecule has 25 heavy (non-hydrogen) atoms. The van der Waals surface area contributed by atoms with Crippen LogP contribution in [0.2, 0.25) is 0 Å². The van der Waals surface area contributed by atoms with E-state index in [2.05, 4.69) is 30.7 Å². The van der Waals surface area contributed by atoms with Crippen molar-refractivity contribution in [1.29, 1.82) is 0 Å². The molecule has 0 amide bonds. The molecule has 0 spiro atoms. The van der Waals surface area contributed by atoms with Gasteiger partial charge in [0.1, 0.15) is 11.2 Å². The largest absolute Gasteiger partial charge is 0.395 e. The average molecular weight is 346 g/mol. The summed E-state index contributed by atoms with van der Waals surface area (Å²) in [5.41, 5.74) is 8.82. The Kier molecular flexibility index (Phi) is 6.30. The minimum absolute atomic E-state index is 0.00325. The fourth-order valence-corrected chi connectivity index (χ4v) is 3.02. The lowest BCUT2D eigenvalue weighted by Gasteiger charge is -2.19. The highest BCUT2D eigenvalue weighted by Gasteiger charge is 2.21. The van der Waals surface area contributed by atoms with Crippen LogP contribution >= 0.6 is 0 Å². The lowest BCUT2D eigenvalue weighted by atomic mass is 9.92. The molecule has 1 atom stereocenters. The first-order chi connectivity index (χ1) is 11.7. The van der Waals surface area contributed by atoms with E-state index < -0.39 is 0 Å². The molecule has 0 unspecified atom stereocenters. The number of aromatic nitrogens is 3. The Morgan fingerprint density at radius 3 is 2.68 bits per heavy atom. The van der Waals surface area contributed by atoms with Crippen LogP contribution in [0.3, 0.4) is 0 Å². The molecule has 0 saturated heterocycles. The maximum Gasteiger partial charge on any atom is 0.182 e. The van der Waals surface area contributed by atoms with Gasteiger partial charge in [-0.1, -0.05) is 33.6 Å². The topological polar surface area (TPSA) is 94.0 Å². The van der Waals surface area contributed by atoms with E-state index in [9.17, 15) is 4.79 Å². The Hall–Kier alpha value is -1.79. The van der Waals surface area contributed by atoms with Gasteiger partial charge in [0.2, 0.25) is 0 Å². The van der Waals surface area contributed by atoms with Crippen LogP contribution in [0, 0.1) is 0 Å². The number of fused-ring (bicyclic) bond motifs is 1. The molecule has 0 saturated carbocycles. The van der Waals surface area contributed by atoms with Gasteiger partial charge in [-0.05, 0) is 18.9 Å². The van der Waals surface area contributed by atoms with Crippen molar-refractivity contribution in [1.82, 2.24) is 14.5 Å². The van der Waals surface area contributed by atoms with Crippen molar-refractivity contribution >= 4 is 16.9 Å². The Morgan fingerprint density at radius 2 is 2.04 bits per heavy atom. The lowest BCUT2D eigenvalue weighted by molar-refractivity contribution is 0.0974. The zero-order valence-electron chi connectivity index (χ0n) is 15.7. The number of rotatable bonds is 8. The van der Waals surface area contributed by atoms with Gasteiger partial charge in [0.05, 0.1) is 12.8 Å². The minimum atomic E-state index is -0.154. The maximum absolute atomic E-state index is 12.4. The zero-order chi connectivity index (χ0) is 18.6. The number of carbonyl (C=O) groups excluding carboxylic acids is 1. The van der Waals surface area contributed by atoms with Crippen LogP contribution < -0.4 is 5.73 Å². The van der Waals surface area contributed by atoms with Crippen LogP contribution in [0.5, 0.6) is 0 Å². The van der Waals surface area contributed by atoms with E-state index in [0.29, 0.717) is 12.1 Å². The van der Waals surface area contributed by atoms with Crippen molar-refractivity contribution in [2.75, 3.05) is 6.61 Å². The first kappa shape index (κ1) is 19.5. The summed E-state index contributed by atoms with van der Waals surface area (Å²) < 4.78 is 2.02. The van der Waals surface area contributed by atoms with Gasteiger partial charge < -0.3 is 15.4 Å². The van der Waals surface area contributed by atoms with Gasteiger partial charge in [0, 0.05) is 30.6 Å². The molecule has 0 radical (unpaired) electrons. The van der Waals surface area contributed by atoms with E-state index >= 15 is 0 Å². The predicted molar refractivity (Wildman–Crippen MR) is 99.7 cm³/mol. The molecule has 0 aromatic carbocycles. The Bertz CT molecular complexity index is 731. The zero-order valence-corrected chi connectivity index (χ0v) is 15.7. The molecule has 2 aromatic rings. The van der Waals surface area contributed by atoms with Crippen LogP contribution in [0.1, 0.15) is 69.1 Å². The van der Waals surface area contributed by atoms with Gasteiger partial charge in [-0.15, -0.1) is 0 Å². The Balaban J connectivity index is 2.01. The molecule has 0 aliphatic rings. The second-order valence-electron chi connectivity index (χ2n) is 7.77. The number of unbranched alkanes of at least 4 members (excludes halogenated alkanes) is 2. The summed E-state index contributed by atoms with van der Waals surface area (Å²) in [6.07, 6.45) is 5.48. The fourth-order valence-electron chi connectivity index (χ4n) is 3.02.